The maximum Gasteiger partial charge on any atom is 0.219 e. The molecule has 70 valence electrons. The van der Waals surface area contributed by atoms with Crippen molar-refractivity contribution in [3.05, 3.63) is 24.3 Å². The van der Waals surface area contributed by atoms with E-state index < -0.39 is 10.3 Å². The molecule has 0 bridgehead atoms. The third kappa shape index (κ3) is 2.62. The lowest BCUT2D eigenvalue weighted by atomic mass is 10.2. The highest BCUT2D eigenvalue weighted by atomic mass is 32.2. The van der Waals surface area contributed by atoms with Crippen molar-refractivity contribution in [2.24, 2.45) is 0 Å². The minimum atomic E-state index is -2.19. The van der Waals surface area contributed by atoms with Crippen LogP contribution in [0.5, 0.6) is 0 Å². The van der Waals surface area contributed by atoms with Gasteiger partial charge in [0.15, 0.2) is 0 Å². The van der Waals surface area contributed by atoms with Gasteiger partial charge in [0.05, 0.1) is 16.8 Å². The third-order valence-corrected chi connectivity index (χ3v) is 2.34. The zero-order valence-corrected chi connectivity index (χ0v) is 8.08. The second-order valence-electron chi connectivity index (χ2n) is 2.50. The van der Waals surface area contributed by atoms with Crippen LogP contribution >= 0.6 is 0 Å². The minimum absolute atomic E-state index is 0.329. The maximum absolute atomic E-state index is 10.8. The highest BCUT2D eigenvalue weighted by Crippen LogP contribution is 1.99. The van der Waals surface area contributed by atoms with Gasteiger partial charge in [0.2, 0.25) is 10.3 Å². The molecule has 1 heterocycles. The van der Waals surface area contributed by atoms with Crippen molar-refractivity contribution < 1.29 is 8.42 Å². The van der Waals surface area contributed by atoms with Crippen LogP contribution in [-0.2, 0) is 10.3 Å². The quantitative estimate of drug-likeness (QED) is 0.529. The first kappa shape index (κ1) is 9.85. The van der Waals surface area contributed by atoms with Gasteiger partial charge in [0.1, 0.15) is 0 Å². The van der Waals surface area contributed by atoms with Crippen molar-refractivity contribution in [1.82, 2.24) is 9.97 Å². The van der Waals surface area contributed by atoms with Crippen LogP contribution in [0.4, 0.5) is 0 Å². The Morgan fingerprint density at radius 3 is 2.69 bits per heavy atom. The van der Waals surface area contributed by atoms with Crippen LogP contribution in [-0.4, -0.2) is 23.3 Å². The van der Waals surface area contributed by atoms with Crippen molar-refractivity contribution in [1.29, 1.82) is 0 Å². The van der Waals surface area contributed by atoms with Gasteiger partial charge >= 0.3 is 0 Å². The van der Waals surface area contributed by atoms with Crippen LogP contribution in [0.1, 0.15) is 25.5 Å². The summed E-state index contributed by atoms with van der Waals surface area (Å²) in [6.07, 6.45) is 5.74. The predicted octanol–water partition coefficient (Wildman–Crippen LogP) is 0.676. The molecule has 0 aliphatic rings. The summed E-state index contributed by atoms with van der Waals surface area (Å²) in [5.74, 6) is 0. The van der Waals surface area contributed by atoms with E-state index in [9.17, 15) is 8.42 Å². The van der Waals surface area contributed by atoms with Gasteiger partial charge < -0.3 is 0 Å². The summed E-state index contributed by atoms with van der Waals surface area (Å²) in [5, 5.41) is 0. The molecule has 1 aromatic heterocycles. The smallest absolute Gasteiger partial charge is 0.219 e. The summed E-state index contributed by atoms with van der Waals surface area (Å²) in [4.78, 5) is 8.07. The second kappa shape index (κ2) is 4.71. The average Bonchev–Trinajstić information content (AvgIpc) is 2.15. The van der Waals surface area contributed by atoms with Gasteiger partial charge in [-0.3, -0.25) is 9.97 Å². The van der Waals surface area contributed by atoms with Crippen LogP contribution < -0.4 is 0 Å². The zero-order chi connectivity index (χ0) is 9.68. The van der Waals surface area contributed by atoms with Crippen LogP contribution in [0.25, 0.3) is 0 Å². The lowest BCUT2D eigenvalue weighted by molar-refractivity contribution is 0.626. The number of aromatic nitrogens is 2. The number of nitrogens with zero attached hydrogens (tertiary/aromatic N) is 2. The van der Waals surface area contributed by atoms with Crippen molar-refractivity contribution >= 4 is 15.2 Å². The van der Waals surface area contributed by atoms with E-state index in [4.69, 9.17) is 0 Å². The first-order valence-corrected chi connectivity index (χ1v) is 5.04. The Labute approximate surface area is 78.2 Å². The molecule has 0 aliphatic carbocycles. The van der Waals surface area contributed by atoms with E-state index in [0.717, 1.165) is 6.42 Å². The fourth-order valence-electron chi connectivity index (χ4n) is 0.967. The molecule has 0 N–H and O–H groups in total. The van der Waals surface area contributed by atoms with Crippen LogP contribution in [0, 0.1) is 0 Å². The van der Waals surface area contributed by atoms with Gasteiger partial charge in [0, 0.05) is 12.4 Å². The highest BCUT2D eigenvalue weighted by Gasteiger charge is 2.04. The molecule has 0 atom stereocenters. The SMILES string of the molecule is CCCC(c1cnccn1)=S(=O)=O. The van der Waals surface area contributed by atoms with Gasteiger partial charge in [-0.2, -0.15) is 8.42 Å². The third-order valence-electron chi connectivity index (χ3n) is 1.53. The molecular formula is C8H10N2O2S. The summed E-state index contributed by atoms with van der Waals surface area (Å²) in [5.41, 5.74) is 0.442. The molecule has 1 aromatic rings. The molecule has 0 saturated heterocycles. The number of hydrogen-bond donors (Lipinski definition) is 0. The van der Waals surface area contributed by atoms with Crippen LogP contribution in [0.2, 0.25) is 0 Å². The molecule has 0 radical (unpaired) electrons. The summed E-state index contributed by atoms with van der Waals surface area (Å²) in [6, 6.07) is 0. The van der Waals surface area contributed by atoms with Crippen molar-refractivity contribution in [2.45, 2.75) is 19.8 Å². The minimum Gasteiger partial charge on any atom is -0.261 e. The Hall–Kier alpha value is -1.23. The standard InChI is InChI=1S/C8H10N2O2S/c1-2-3-8(13(11)12)7-6-9-4-5-10-7/h4-6H,2-3H2,1H3. The Kier molecular flexibility index (Phi) is 3.57. The normalized spacial score (nSPS) is 9.62. The van der Waals surface area contributed by atoms with E-state index in [1.165, 1.54) is 18.6 Å². The van der Waals surface area contributed by atoms with Gasteiger partial charge in [0.25, 0.3) is 0 Å². The Bertz CT molecular complexity index is 389. The zero-order valence-electron chi connectivity index (χ0n) is 7.27. The molecule has 5 heteroatoms. The van der Waals surface area contributed by atoms with Gasteiger partial charge in [-0.1, -0.05) is 13.3 Å². The Morgan fingerprint density at radius 2 is 2.23 bits per heavy atom. The predicted molar refractivity (Wildman–Crippen MR) is 50.0 cm³/mol. The summed E-state index contributed by atoms with van der Waals surface area (Å²) < 4.78 is 21.6. The molecule has 0 fully saturated rings. The summed E-state index contributed by atoms with van der Waals surface area (Å²) in [7, 11) is -2.19. The monoisotopic (exact) mass is 198 g/mol. The Balaban J connectivity index is 3.12. The van der Waals surface area contributed by atoms with Gasteiger partial charge in [-0.15, -0.1) is 0 Å². The first-order chi connectivity index (χ1) is 6.25. The fourth-order valence-corrected chi connectivity index (χ4v) is 1.61. The molecule has 4 nitrogen and oxygen atoms in total. The van der Waals surface area contributed by atoms with Crippen molar-refractivity contribution in [3.8, 4) is 0 Å². The molecule has 13 heavy (non-hydrogen) atoms. The molecule has 0 unspecified atom stereocenters. The molecule has 0 aromatic carbocycles. The van der Waals surface area contributed by atoms with E-state index in [1.54, 1.807) is 0 Å². The maximum atomic E-state index is 10.8. The topological polar surface area (TPSA) is 59.9 Å². The fraction of sp³-hybridized carbons (Fsp3) is 0.375. The van der Waals surface area contributed by atoms with E-state index >= 15 is 0 Å². The molecule has 0 spiro atoms. The number of rotatable bonds is 3. The molecule has 1 rings (SSSR count). The first-order valence-electron chi connectivity index (χ1n) is 3.97. The van der Waals surface area contributed by atoms with E-state index in [0.29, 0.717) is 17.0 Å². The molecular weight excluding hydrogens is 188 g/mol. The van der Waals surface area contributed by atoms with Crippen molar-refractivity contribution in [2.75, 3.05) is 0 Å². The molecule has 0 saturated carbocycles. The highest BCUT2D eigenvalue weighted by molar-refractivity contribution is 7.73. The average molecular weight is 198 g/mol. The molecule has 0 amide bonds. The number of hydrogen-bond acceptors (Lipinski definition) is 4. The lowest BCUT2D eigenvalue weighted by Crippen LogP contribution is -2.04. The van der Waals surface area contributed by atoms with E-state index in [1.807, 2.05) is 6.92 Å². The molecule has 0 aliphatic heterocycles. The van der Waals surface area contributed by atoms with Gasteiger partial charge in [-0.25, -0.2) is 0 Å². The van der Waals surface area contributed by atoms with Gasteiger partial charge in [-0.05, 0) is 6.42 Å². The largest absolute Gasteiger partial charge is 0.261 e. The Morgan fingerprint density at radius 1 is 1.46 bits per heavy atom. The van der Waals surface area contributed by atoms with Crippen LogP contribution in [0.15, 0.2) is 18.6 Å². The lowest BCUT2D eigenvalue weighted by Gasteiger charge is -1.97. The van der Waals surface area contributed by atoms with E-state index in [2.05, 4.69) is 9.97 Å². The van der Waals surface area contributed by atoms with E-state index in [-0.39, 0.29) is 0 Å². The summed E-state index contributed by atoms with van der Waals surface area (Å²) >= 11 is 0. The summed E-state index contributed by atoms with van der Waals surface area (Å²) in [6.45, 7) is 1.92. The van der Waals surface area contributed by atoms with Crippen LogP contribution in [0.3, 0.4) is 0 Å². The second-order valence-corrected chi connectivity index (χ2v) is 3.46. The van der Waals surface area contributed by atoms with Crippen molar-refractivity contribution in [3.63, 3.8) is 0 Å².